The summed E-state index contributed by atoms with van der Waals surface area (Å²) in [7, 11) is -2.07. The average Bonchev–Trinajstić information content (AvgIpc) is 2.76. The normalized spacial score (nSPS) is 18.7. The van der Waals surface area contributed by atoms with E-state index in [2.05, 4.69) is 39.5 Å². The fraction of sp³-hybridized carbons (Fsp3) is 0.348. The predicted octanol–water partition coefficient (Wildman–Crippen LogP) is 3.88. The maximum atomic E-state index is 11.8. The zero-order valence-corrected chi connectivity index (χ0v) is 20.5. The second kappa shape index (κ2) is 9.08. The van der Waals surface area contributed by atoms with Crippen molar-refractivity contribution in [3.05, 3.63) is 42.2 Å². The van der Waals surface area contributed by atoms with Crippen LogP contribution in [0.4, 0.5) is 11.4 Å². The average molecular weight is 484 g/mol. The molecule has 2 aromatic heterocycles. The Morgan fingerprint density at radius 2 is 1.88 bits per heavy atom. The molecule has 33 heavy (non-hydrogen) atoms. The molecule has 2 atom stereocenters. The van der Waals surface area contributed by atoms with Crippen LogP contribution in [0.25, 0.3) is 22.0 Å². The summed E-state index contributed by atoms with van der Waals surface area (Å²) in [6.45, 7) is 6.10. The Hall–Kier alpha value is -3.03. The molecule has 3 aromatic rings. The number of nitriles is 1. The number of ether oxygens (including phenoxy) is 1. The van der Waals surface area contributed by atoms with Crippen LogP contribution in [0.15, 0.2) is 36.7 Å². The Morgan fingerprint density at radius 3 is 2.52 bits per heavy atom. The number of benzene rings is 1. The van der Waals surface area contributed by atoms with Gasteiger partial charge in [0.15, 0.2) is 0 Å². The predicted molar refractivity (Wildman–Crippen MR) is 133 cm³/mol. The molecular formula is C23H25N5O3S2. The van der Waals surface area contributed by atoms with E-state index < -0.39 is 10.0 Å². The number of nitrogens with zero attached hydrogens (tertiary/aromatic N) is 4. The van der Waals surface area contributed by atoms with E-state index in [0.29, 0.717) is 21.6 Å². The van der Waals surface area contributed by atoms with Crippen LogP contribution < -0.4 is 14.4 Å². The summed E-state index contributed by atoms with van der Waals surface area (Å²) in [6, 6.07) is 9.81. The van der Waals surface area contributed by atoms with Gasteiger partial charge in [-0.05, 0) is 23.8 Å². The van der Waals surface area contributed by atoms with E-state index >= 15 is 0 Å². The first kappa shape index (κ1) is 23.1. The van der Waals surface area contributed by atoms with Crippen LogP contribution in [0.5, 0.6) is 5.88 Å². The third-order valence-corrected chi connectivity index (χ3v) is 7.19. The number of thioether (sulfide) groups is 1. The molecule has 1 aliphatic rings. The minimum atomic E-state index is -3.51. The summed E-state index contributed by atoms with van der Waals surface area (Å²) in [5, 5.41) is 11.6. The molecule has 1 N–H and O–H groups in total. The standard InChI is InChI=1S/C23H25N5O3S2/c1-14-12-28(13-15(2)32-14)22-18(9-24)11-25-20-6-5-16(7-19(20)22)17-8-21(27-33(4,29)30)23(31-3)26-10-17/h5-8,10-11,14-15,27H,12-13H2,1-4H3/t14-,15+. The monoisotopic (exact) mass is 483 g/mol. The van der Waals surface area contributed by atoms with Gasteiger partial charge in [-0.3, -0.25) is 9.71 Å². The minimum absolute atomic E-state index is 0.188. The van der Waals surface area contributed by atoms with Gasteiger partial charge in [0.05, 0.1) is 30.1 Å². The first-order valence-corrected chi connectivity index (χ1v) is 13.3. The highest BCUT2D eigenvalue weighted by Crippen LogP contribution is 2.37. The summed E-state index contributed by atoms with van der Waals surface area (Å²) < 4.78 is 31.3. The van der Waals surface area contributed by atoms with Crippen LogP contribution in [-0.2, 0) is 10.0 Å². The van der Waals surface area contributed by atoms with Gasteiger partial charge in [-0.2, -0.15) is 17.0 Å². The van der Waals surface area contributed by atoms with Crippen LogP contribution in [0.1, 0.15) is 19.4 Å². The lowest BCUT2D eigenvalue weighted by molar-refractivity contribution is 0.400. The number of hydrogen-bond donors (Lipinski definition) is 1. The van der Waals surface area contributed by atoms with E-state index in [0.717, 1.165) is 41.5 Å². The van der Waals surface area contributed by atoms with Crippen molar-refractivity contribution in [2.24, 2.45) is 0 Å². The minimum Gasteiger partial charge on any atom is -0.480 e. The van der Waals surface area contributed by atoms with Crippen LogP contribution in [0.3, 0.4) is 0 Å². The largest absolute Gasteiger partial charge is 0.480 e. The number of sulfonamides is 1. The van der Waals surface area contributed by atoms with Crippen molar-refractivity contribution in [2.45, 2.75) is 24.3 Å². The summed E-state index contributed by atoms with van der Waals surface area (Å²) in [5.41, 5.74) is 4.03. The Bertz CT molecular complexity index is 1340. The van der Waals surface area contributed by atoms with E-state index in [1.165, 1.54) is 7.11 Å². The first-order valence-electron chi connectivity index (χ1n) is 10.4. The second-order valence-corrected chi connectivity index (χ2v) is 11.8. The van der Waals surface area contributed by atoms with Crippen molar-refractivity contribution in [3.63, 3.8) is 0 Å². The number of pyridine rings is 2. The quantitative estimate of drug-likeness (QED) is 0.582. The van der Waals surface area contributed by atoms with E-state index in [4.69, 9.17) is 4.74 Å². The van der Waals surface area contributed by atoms with Gasteiger partial charge in [-0.25, -0.2) is 13.4 Å². The van der Waals surface area contributed by atoms with Crippen LogP contribution >= 0.6 is 11.8 Å². The highest BCUT2D eigenvalue weighted by molar-refractivity contribution is 8.00. The lowest BCUT2D eigenvalue weighted by atomic mass is 10.0. The maximum absolute atomic E-state index is 11.8. The number of methoxy groups -OCH3 is 1. The van der Waals surface area contributed by atoms with E-state index in [1.54, 1.807) is 18.5 Å². The summed E-state index contributed by atoms with van der Waals surface area (Å²) in [4.78, 5) is 11.0. The molecule has 0 spiro atoms. The Labute approximate surface area is 198 Å². The zero-order valence-electron chi connectivity index (χ0n) is 18.9. The Kier molecular flexibility index (Phi) is 6.36. The molecule has 0 radical (unpaired) electrons. The molecule has 1 saturated heterocycles. The molecule has 4 rings (SSSR count). The molecule has 8 nitrogen and oxygen atoms in total. The van der Waals surface area contributed by atoms with Gasteiger partial charge in [-0.1, -0.05) is 19.9 Å². The Morgan fingerprint density at radius 1 is 1.15 bits per heavy atom. The molecule has 1 fully saturated rings. The van der Waals surface area contributed by atoms with Crippen LogP contribution in [0, 0.1) is 11.3 Å². The van der Waals surface area contributed by atoms with Crippen LogP contribution in [0.2, 0.25) is 0 Å². The Balaban J connectivity index is 1.86. The van der Waals surface area contributed by atoms with Gasteiger partial charge < -0.3 is 9.64 Å². The molecule has 1 aromatic carbocycles. The molecular weight excluding hydrogens is 458 g/mol. The molecule has 0 bridgehead atoms. The highest BCUT2D eigenvalue weighted by atomic mass is 32.2. The number of hydrogen-bond acceptors (Lipinski definition) is 8. The lowest BCUT2D eigenvalue weighted by Crippen LogP contribution is -2.40. The van der Waals surface area contributed by atoms with Gasteiger partial charge in [0, 0.05) is 46.9 Å². The van der Waals surface area contributed by atoms with Crippen molar-refractivity contribution in [1.82, 2.24) is 9.97 Å². The maximum Gasteiger partial charge on any atom is 0.238 e. The van der Waals surface area contributed by atoms with E-state index in [1.807, 2.05) is 30.0 Å². The van der Waals surface area contributed by atoms with Crippen molar-refractivity contribution >= 4 is 44.1 Å². The van der Waals surface area contributed by atoms with Crippen molar-refractivity contribution in [2.75, 3.05) is 36.1 Å². The van der Waals surface area contributed by atoms with Crippen LogP contribution in [-0.4, -0.2) is 55.3 Å². The number of anilines is 2. The first-order chi connectivity index (χ1) is 15.7. The number of nitrogens with one attached hydrogen (secondary N) is 1. The molecule has 0 unspecified atom stereocenters. The smallest absolute Gasteiger partial charge is 0.238 e. The molecule has 3 heterocycles. The van der Waals surface area contributed by atoms with Gasteiger partial charge in [-0.15, -0.1) is 0 Å². The SMILES string of the molecule is COc1ncc(-c2ccc3ncc(C#N)c(N4C[C@@H](C)S[C@@H](C)C4)c3c2)cc1NS(C)(=O)=O. The van der Waals surface area contributed by atoms with E-state index in [9.17, 15) is 13.7 Å². The number of aromatic nitrogens is 2. The van der Waals surface area contributed by atoms with Crippen molar-refractivity contribution in [1.29, 1.82) is 5.26 Å². The molecule has 0 aliphatic carbocycles. The molecule has 0 saturated carbocycles. The topological polar surface area (TPSA) is 108 Å². The third-order valence-electron chi connectivity index (χ3n) is 5.37. The van der Waals surface area contributed by atoms with Gasteiger partial charge in [0.25, 0.3) is 0 Å². The number of rotatable bonds is 5. The second-order valence-electron chi connectivity index (χ2n) is 8.18. The molecule has 10 heteroatoms. The van der Waals surface area contributed by atoms with Gasteiger partial charge in [0.2, 0.25) is 15.9 Å². The van der Waals surface area contributed by atoms with E-state index in [-0.39, 0.29) is 11.6 Å². The van der Waals surface area contributed by atoms with Crippen molar-refractivity contribution in [3.8, 4) is 23.1 Å². The molecule has 1 aliphatic heterocycles. The third kappa shape index (κ3) is 4.99. The van der Waals surface area contributed by atoms with Gasteiger partial charge >= 0.3 is 0 Å². The lowest BCUT2D eigenvalue weighted by Gasteiger charge is -2.37. The fourth-order valence-corrected chi connectivity index (χ4v) is 6.06. The fourth-order valence-electron chi connectivity index (χ4n) is 4.19. The summed E-state index contributed by atoms with van der Waals surface area (Å²) in [5.74, 6) is 0.188. The number of fused-ring (bicyclic) bond motifs is 1. The van der Waals surface area contributed by atoms with Gasteiger partial charge in [0.1, 0.15) is 11.8 Å². The summed E-state index contributed by atoms with van der Waals surface area (Å²) >= 11 is 1.95. The molecule has 172 valence electrons. The highest BCUT2D eigenvalue weighted by Gasteiger charge is 2.26. The zero-order chi connectivity index (χ0) is 23.8. The molecule has 0 amide bonds. The summed E-state index contributed by atoms with van der Waals surface area (Å²) in [6.07, 6.45) is 4.35. The van der Waals surface area contributed by atoms with Crippen molar-refractivity contribution < 1.29 is 13.2 Å².